The van der Waals surface area contributed by atoms with E-state index < -0.39 is 0 Å². The van der Waals surface area contributed by atoms with Crippen LogP contribution in [0.15, 0.2) is 35.5 Å². The molecule has 0 aromatic heterocycles. The topological polar surface area (TPSA) is 58.5 Å². The molecule has 0 saturated heterocycles. The van der Waals surface area contributed by atoms with Crippen LogP contribution in [0.3, 0.4) is 0 Å². The smallest absolute Gasteiger partial charge is 0.231 e. The van der Waals surface area contributed by atoms with Crippen molar-refractivity contribution in [2.45, 2.75) is 6.61 Å². The summed E-state index contributed by atoms with van der Waals surface area (Å²) in [6.45, 7) is 0.441. The van der Waals surface area contributed by atoms with E-state index in [4.69, 9.17) is 35.4 Å². The summed E-state index contributed by atoms with van der Waals surface area (Å²) in [4.78, 5) is 5.31. The Kier molecular flexibility index (Phi) is 4.96. The summed E-state index contributed by atoms with van der Waals surface area (Å²) in [5.74, 6) is 2.47. The molecule has 2 aromatic rings. The van der Waals surface area contributed by atoms with Crippen LogP contribution in [-0.4, -0.2) is 27.2 Å². The lowest BCUT2D eigenvalue weighted by Crippen LogP contribution is -1.93. The van der Waals surface area contributed by atoms with Crippen LogP contribution in [0.1, 0.15) is 11.1 Å². The Bertz CT molecular complexity index is 763. The fourth-order valence-corrected chi connectivity index (χ4v) is 2.53. The van der Waals surface area contributed by atoms with E-state index in [2.05, 4.69) is 5.16 Å². The first-order chi connectivity index (χ1) is 11.7. The molecule has 0 radical (unpaired) electrons. The van der Waals surface area contributed by atoms with Crippen molar-refractivity contribution >= 4 is 17.8 Å². The molecule has 1 aliphatic rings. The van der Waals surface area contributed by atoms with Gasteiger partial charge in [-0.2, -0.15) is 0 Å². The Balaban J connectivity index is 1.62. The first-order valence-corrected chi connectivity index (χ1v) is 7.54. The molecule has 2 aromatic carbocycles. The zero-order valence-corrected chi connectivity index (χ0v) is 14.0. The highest BCUT2D eigenvalue weighted by Crippen LogP contribution is 2.39. The molecule has 24 heavy (non-hydrogen) atoms. The fourth-order valence-electron chi connectivity index (χ4n) is 2.25. The van der Waals surface area contributed by atoms with Crippen LogP contribution in [0.2, 0.25) is 5.02 Å². The molecule has 0 saturated carbocycles. The highest BCUT2D eigenvalue weighted by molar-refractivity contribution is 6.32. The van der Waals surface area contributed by atoms with Crippen LogP contribution in [0.5, 0.6) is 23.0 Å². The molecule has 6 nitrogen and oxygen atoms in total. The van der Waals surface area contributed by atoms with E-state index in [1.807, 2.05) is 18.2 Å². The number of halogens is 1. The molecule has 1 aliphatic heterocycles. The maximum absolute atomic E-state index is 6.12. The Morgan fingerprint density at radius 3 is 2.75 bits per heavy atom. The number of ether oxygens (including phenoxy) is 4. The molecule has 0 N–H and O–H groups in total. The van der Waals surface area contributed by atoms with Crippen molar-refractivity contribution in [3.8, 4) is 23.0 Å². The maximum Gasteiger partial charge on any atom is 0.231 e. The molecular formula is C17H16ClNO5. The average molecular weight is 350 g/mol. The van der Waals surface area contributed by atoms with Crippen molar-refractivity contribution in [3.05, 3.63) is 46.5 Å². The normalized spacial score (nSPS) is 12.5. The van der Waals surface area contributed by atoms with Crippen molar-refractivity contribution in [3.63, 3.8) is 0 Å². The van der Waals surface area contributed by atoms with E-state index in [1.54, 1.807) is 32.6 Å². The lowest BCUT2D eigenvalue weighted by molar-refractivity contribution is 0.132. The van der Waals surface area contributed by atoms with Gasteiger partial charge < -0.3 is 23.8 Å². The third kappa shape index (κ3) is 3.49. The molecule has 0 aliphatic carbocycles. The molecule has 1 heterocycles. The summed E-state index contributed by atoms with van der Waals surface area (Å²) in [7, 11) is 3.17. The van der Waals surface area contributed by atoms with E-state index in [0.29, 0.717) is 28.0 Å². The Labute approximate surface area is 144 Å². The van der Waals surface area contributed by atoms with Gasteiger partial charge in [-0.1, -0.05) is 16.8 Å². The lowest BCUT2D eigenvalue weighted by atomic mass is 10.2. The third-order valence-corrected chi connectivity index (χ3v) is 3.68. The number of hydrogen-bond acceptors (Lipinski definition) is 6. The molecule has 7 heteroatoms. The molecule has 0 spiro atoms. The molecule has 0 unspecified atom stereocenters. The minimum atomic E-state index is 0.177. The third-order valence-electron chi connectivity index (χ3n) is 3.40. The van der Waals surface area contributed by atoms with Crippen molar-refractivity contribution in [1.29, 1.82) is 0 Å². The van der Waals surface area contributed by atoms with Gasteiger partial charge >= 0.3 is 0 Å². The second kappa shape index (κ2) is 7.31. The van der Waals surface area contributed by atoms with Crippen LogP contribution in [-0.2, 0) is 11.4 Å². The standard InChI is InChI=1S/C17H16ClNO5/c1-20-14-4-3-11(6-15(14)21-2)8-19-24-9-12-5-13(18)17-16(7-12)22-10-23-17/h3-8H,9-10H2,1-2H3/b19-8+. The first-order valence-electron chi connectivity index (χ1n) is 7.16. The predicted octanol–water partition coefficient (Wildman–Crippen LogP) is 3.64. The number of rotatable bonds is 6. The van der Waals surface area contributed by atoms with E-state index in [0.717, 1.165) is 11.1 Å². The van der Waals surface area contributed by atoms with E-state index in [1.165, 1.54) is 0 Å². The largest absolute Gasteiger partial charge is 0.493 e. The van der Waals surface area contributed by atoms with Crippen LogP contribution in [0.25, 0.3) is 0 Å². The van der Waals surface area contributed by atoms with Gasteiger partial charge in [0, 0.05) is 5.56 Å². The summed E-state index contributed by atoms with van der Waals surface area (Å²) in [5, 5.41) is 4.45. The summed E-state index contributed by atoms with van der Waals surface area (Å²) in [6, 6.07) is 9.05. The second-order valence-corrected chi connectivity index (χ2v) is 5.34. The Morgan fingerprint density at radius 1 is 1.12 bits per heavy atom. The predicted molar refractivity (Wildman–Crippen MR) is 89.5 cm³/mol. The van der Waals surface area contributed by atoms with Gasteiger partial charge in [-0.05, 0) is 35.9 Å². The van der Waals surface area contributed by atoms with Gasteiger partial charge in [0.15, 0.2) is 23.0 Å². The van der Waals surface area contributed by atoms with E-state index >= 15 is 0 Å². The maximum atomic E-state index is 6.12. The average Bonchev–Trinajstić information content (AvgIpc) is 3.07. The summed E-state index contributed by atoms with van der Waals surface area (Å²) < 4.78 is 21.0. The fraction of sp³-hybridized carbons (Fsp3) is 0.235. The van der Waals surface area contributed by atoms with E-state index in [9.17, 15) is 0 Å². The van der Waals surface area contributed by atoms with E-state index in [-0.39, 0.29) is 13.4 Å². The van der Waals surface area contributed by atoms with Gasteiger partial charge in [0.1, 0.15) is 6.61 Å². The lowest BCUT2D eigenvalue weighted by Gasteiger charge is -2.07. The van der Waals surface area contributed by atoms with Gasteiger partial charge in [-0.15, -0.1) is 0 Å². The molecule has 126 valence electrons. The molecule has 0 amide bonds. The molecular weight excluding hydrogens is 334 g/mol. The highest BCUT2D eigenvalue weighted by Gasteiger charge is 2.18. The molecule has 0 fully saturated rings. The Hall–Kier alpha value is -2.60. The summed E-state index contributed by atoms with van der Waals surface area (Å²) in [5.41, 5.74) is 1.67. The number of methoxy groups -OCH3 is 2. The number of oxime groups is 1. The monoisotopic (exact) mass is 349 g/mol. The minimum absolute atomic E-state index is 0.177. The van der Waals surface area contributed by atoms with Gasteiger partial charge in [0.25, 0.3) is 0 Å². The van der Waals surface area contributed by atoms with Crippen LogP contribution in [0.4, 0.5) is 0 Å². The summed E-state index contributed by atoms with van der Waals surface area (Å²) >= 11 is 6.12. The second-order valence-electron chi connectivity index (χ2n) is 4.93. The number of hydrogen-bond donors (Lipinski definition) is 0. The zero-order chi connectivity index (χ0) is 16.9. The SMILES string of the molecule is COc1ccc(/C=N/OCc2cc(Cl)c3c(c2)OCO3)cc1OC. The van der Waals surface area contributed by atoms with Gasteiger partial charge in [0.2, 0.25) is 6.79 Å². The van der Waals surface area contributed by atoms with Crippen molar-refractivity contribution in [2.75, 3.05) is 21.0 Å². The van der Waals surface area contributed by atoms with Gasteiger partial charge in [0.05, 0.1) is 25.5 Å². The van der Waals surface area contributed by atoms with Crippen LogP contribution < -0.4 is 18.9 Å². The molecule has 0 bridgehead atoms. The summed E-state index contributed by atoms with van der Waals surface area (Å²) in [6.07, 6.45) is 1.59. The van der Waals surface area contributed by atoms with Crippen LogP contribution >= 0.6 is 11.6 Å². The number of fused-ring (bicyclic) bond motifs is 1. The van der Waals surface area contributed by atoms with Crippen molar-refractivity contribution < 1.29 is 23.8 Å². The molecule has 3 rings (SSSR count). The highest BCUT2D eigenvalue weighted by atomic mass is 35.5. The van der Waals surface area contributed by atoms with Gasteiger partial charge in [-0.3, -0.25) is 0 Å². The van der Waals surface area contributed by atoms with Gasteiger partial charge in [-0.25, -0.2) is 0 Å². The minimum Gasteiger partial charge on any atom is -0.493 e. The quantitative estimate of drug-likeness (QED) is 0.588. The van der Waals surface area contributed by atoms with Crippen molar-refractivity contribution in [1.82, 2.24) is 0 Å². The number of nitrogens with zero attached hydrogens (tertiary/aromatic N) is 1. The zero-order valence-electron chi connectivity index (χ0n) is 13.2. The first kappa shape index (κ1) is 16.3. The Morgan fingerprint density at radius 2 is 1.96 bits per heavy atom. The van der Waals surface area contributed by atoms with Crippen LogP contribution in [0, 0.1) is 0 Å². The van der Waals surface area contributed by atoms with Crippen molar-refractivity contribution in [2.24, 2.45) is 5.16 Å². The number of benzene rings is 2. The molecule has 0 atom stereocenters.